The van der Waals surface area contributed by atoms with Crippen LogP contribution in [-0.4, -0.2) is 60.7 Å². The molecule has 0 bridgehead atoms. The third-order valence-corrected chi connectivity index (χ3v) is 4.77. The maximum absolute atomic E-state index is 13.8. The van der Waals surface area contributed by atoms with Gasteiger partial charge in [0.05, 0.1) is 25.1 Å². The number of ether oxygens (including phenoxy) is 1. The number of halogens is 4. The number of hydrogen-bond donors (Lipinski definition) is 1. The first kappa shape index (κ1) is 20.3. The quantitative estimate of drug-likeness (QED) is 0.692. The first-order chi connectivity index (χ1) is 13.4. The number of alkyl halides is 2. The van der Waals surface area contributed by atoms with E-state index in [0.717, 1.165) is 6.20 Å². The van der Waals surface area contributed by atoms with E-state index in [1.807, 2.05) is 0 Å². The van der Waals surface area contributed by atoms with Gasteiger partial charge < -0.3 is 15.0 Å². The van der Waals surface area contributed by atoms with Gasteiger partial charge in [-0.25, -0.2) is 9.37 Å². The minimum absolute atomic E-state index is 0.0437. The summed E-state index contributed by atoms with van der Waals surface area (Å²) in [6.07, 6.45) is 0.813. The average Bonchev–Trinajstić information content (AvgIpc) is 2.70. The minimum Gasteiger partial charge on any atom is -0.378 e. The van der Waals surface area contributed by atoms with Gasteiger partial charge >= 0.3 is 6.55 Å². The van der Waals surface area contributed by atoms with Crippen molar-refractivity contribution in [2.75, 3.05) is 43.6 Å². The summed E-state index contributed by atoms with van der Waals surface area (Å²) < 4.78 is 46.6. The van der Waals surface area contributed by atoms with Crippen LogP contribution in [0.25, 0.3) is 0 Å². The molecule has 2 heterocycles. The summed E-state index contributed by atoms with van der Waals surface area (Å²) in [6.45, 7) is -1.14. The van der Waals surface area contributed by atoms with E-state index in [1.165, 1.54) is 25.2 Å². The molecule has 2 aromatic rings. The summed E-state index contributed by atoms with van der Waals surface area (Å²) in [4.78, 5) is 22.2. The predicted octanol–water partition coefficient (Wildman–Crippen LogP) is 3.25. The first-order valence-corrected chi connectivity index (χ1v) is 9.16. The van der Waals surface area contributed by atoms with Crippen molar-refractivity contribution in [1.82, 2.24) is 14.9 Å². The fourth-order valence-electron chi connectivity index (χ4n) is 2.73. The third-order valence-electron chi connectivity index (χ3n) is 4.13. The summed E-state index contributed by atoms with van der Waals surface area (Å²) in [5, 5.41) is 2.49. The lowest BCUT2D eigenvalue weighted by atomic mass is 10.1. The Hall–Kier alpha value is -2.40. The summed E-state index contributed by atoms with van der Waals surface area (Å²) in [6, 6.07) is 4.29. The number of benzene rings is 1. The van der Waals surface area contributed by atoms with Crippen LogP contribution in [0.2, 0.25) is 0 Å². The molecule has 0 atom stereocenters. The SMILES string of the molecule is CNc1nc(N(c2ccc(C(=O)N3CCOCC3)cc2Br)C(F)F)ncc1F. The Labute approximate surface area is 167 Å². The van der Waals surface area contributed by atoms with Gasteiger partial charge in [-0.15, -0.1) is 0 Å². The van der Waals surface area contributed by atoms with Crippen molar-refractivity contribution >= 4 is 39.3 Å². The predicted molar refractivity (Wildman–Crippen MR) is 101 cm³/mol. The van der Waals surface area contributed by atoms with Crippen LogP contribution in [0.1, 0.15) is 10.4 Å². The first-order valence-electron chi connectivity index (χ1n) is 8.36. The number of carbonyl (C=O) groups excluding carboxylic acids is 1. The average molecular weight is 460 g/mol. The summed E-state index contributed by atoms with van der Waals surface area (Å²) in [5.41, 5.74) is 0.393. The van der Waals surface area contributed by atoms with E-state index in [9.17, 15) is 18.0 Å². The standard InChI is InChI=1S/C17H17BrF3N5O2/c1-22-14-12(19)9-23-17(24-14)26(16(20)21)13-3-2-10(8-11(13)18)15(27)25-4-6-28-7-5-25/h2-3,8-9,16H,4-7H2,1H3,(H,22,23,24). The number of nitrogens with one attached hydrogen (secondary N) is 1. The molecule has 0 spiro atoms. The van der Waals surface area contributed by atoms with Gasteiger partial charge in [-0.05, 0) is 34.1 Å². The van der Waals surface area contributed by atoms with E-state index in [4.69, 9.17) is 4.74 Å². The molecule has 0 unspecified atom stereocenters. The van der Waals surface area contributed by atoms with E-state index >= 15 is 0 Å². The largest absolute Gasteiger partial charge is 0.378 e. The number of rotatable bonds is 5. The molecule has 1 aromatic carbocycles. The molecule has 1 aromatic heterocycles. The molecule has 1 N–H and O–H groups in total. The van der Waals surface area contributed by atoms with Crippen LogP contribution in [0, 0.1) is 5.82 Å². The molecule has 1 saturated heterocycles. The topological polar surface area (TPSA) is 70.6 Å². The lowest BCUT2D eigenvalue weighted by Gasteiger charge is -2.27. The van der Waals surface area contributed by atoms with Crippen LogP contribution in [0.5, 0.6) is 0 Å². The van der Waals surface area contributed by atoms with Crippen molar-refractivity contribution in [2.45, 2.75) is 6.55 Å². The molecule has 0 radical (unpaired) electrons. The third kappa shape index (κ3) is 4.20. The highest BCUT2D eigenvalue weighted by molar-refractivity contribution is 9.10. The highest BCUT2D eigenvalue weighted by Crippen LogP contribution is 2.34. The van der Waals surface area contributed by atoms with Crippen molar-refractivity contribution in [2.24, 2.45) is 0 Å². The Morgan fingerprint density at radius 2 is 2.07 bits per heavy atom. The summed E-state index contributed by atoms with van der Waals surface area (Å²) in [7, 11) is 1.42. The minimum atomic E-state index is -2.99. The van der Waals surface area contributed by atoms with E-state index < -0.39 is 12.4 Å². The van der Waals surface area contributed by atoms with Gasteiger partial charge in [0, 0.05) is 30.2 Å². The summed E-state index contributed by atoms with van der Waals surface area (Å²) in [5.74, 6) is -1.56. The number of aromatic nitrogens is 2. The van der Waals surface area contributed by atoms with Crippen molar-refractivity contribution in [1.29, 1.82) is 0 Å². The molecule has 11 heteroatoms. The van der Waals surface area contributed by atoms with E-state index in [2.05, 4.69) is 31.2 Å². The zero-order valence-corrected chi connectivity index (χ0v) is 16.4. The van der Waals surface area contributed by atoms with Gasteiger partial charge in [0.15, 0.2) is 11.6 Å². The molecule has 1 fully saturated rings. The van der Waals surface area contributed by atoms with Gasteiger partial charge in [-0.2, -0.15) is 13.8 Å². The number of hydrogen-bond acceptors (Lipinski definition) is 6. The highest BCUT2D eigenvalue weighted by atomic mass is 79.9. The fourth-order valence-corrected chi connectivity index (χ4v) is 3.30. The molecular weight excluding hydrogens is 443 g/mol. The van der Waals surface area contributed by atoms with Gasteiger partial charge in [0.25, 0.3) is 5.91 Å². The zero-order chi connectivity index (χ0) is 20.3. The molecule has 7 nitrogen and oxygen atoms in total. The van der Waals surface area contributed by atoms with Gasteiger partial charge in [0.1, 0.15) is 0 Å². The second-order valence-corrected chi connectivity index (χ2v) is 6.69. The Morgan fingerprint density at radius 1 is 1.36 bits per heavy atom. The Bertz CT molecular complexity index is 865. The van der Waals surface area contributed by atoms with Gasteiger partial charge in [-0.1, -0.05) is 0 Å². The second-order valence-electron chi connectivity index (χ2n) is 5.83. The maximum atomic E-state index is 13.8. The fraction of sp³-hybridized carbons (Fsp3) is 0.353. The molecule has 0 aliphatic carbocycles. The van der Waals surface area contributed by atoms with Crippen LogP contribution < -0.4 is 10.2 Å². The van der Waals surface area contributed by atoms with Crippen molar-refractivity contribution in [3.05, 3.63) is 40.2 Å². The van der Waals surface area contributed by atoms with Crippen LogP contribution in [0.4, 0.5) is 30.6 Å². The summed E-state index contributed by atoms with van der Waals surface area (Å²) >= 11 is 3.24. The number of amides is 1. The molecule has 0 saturated carbocycles. The van der Waals surface area contributed by atoms with Crippen LogP contribution in [0.15, 0.2) is 28.9 Å². The van der Waals surface area contributed by atoms with Crippen molar-refractivity contribution in [3.63, 3.8) is 0 Å². The smallest absolute Gasteiger partial charge is 0.321 e. The zero-order valence-electron chi connectivity index (χ0n) is 14.8. The lowest BCUT2D eigenvalue weighted by molar-refractivity contribution is 0.0303. The second kappa shape index (κ2) is 8.74. The number of carbonyl (C=O) groups is 1. The molecule has 3 rings (SSSR count). The van der Waals surface area contributed by atoms with Crippen LogP contribution >= 0.6 is 15.9 Å². The molecule has 1 aliphatic heterocycles. The van der Waals surface area contributed by atoms with Crippen molar-refractivity contribution < 1.29 is 22.7 Å². The maximum Gasteiger partial charge on any atom is 0.321 e. The monoisotopic (exact) mass is 459 g/mol. The van der Waals surface area contributed by atoms with Crippen LogP contribution in [0.3, 0.4) is 0 Å². The van der Waals surface area contributed by atoms with Crippen molar-refractivity contribution in [3.8, 4) is 0 Å². The molecule has 1 amide bonds. The van der Waals surface area contributed by atoms with Gasteiger partial charge in [-0.3, -0.25) is 9.69 Å². The number of anilines is 3. The van der Waals surface area contributed by atoms with Crippen LogP contribution in [-0.2, 0) is 4.74 Å². The van der Waals surface area contributed by atoms with Gasteiger partial charge in [0.2, 0.25) is 5.95 Å². The molecule has 28 heavy (non-hydrogen) atoms. The molecule has 1 aliphatic rings. The Morgan fingerprint density at radius 3 is 2.68 bits per heavy atom. The van der Waals surface area contributed by atoms with E-state index in [1.54, 1.807) is 4.90 Å². The highest BCUT2D eigenvalue weighted by Gasteiger charge is 2.26. The van der Waals surface area contributed by atoms with E-state index in [-0.39, 0.29) is 27.8 Å². The molecular formula is C17H17BrF3N5O2. The number of nitrogens with zero attached hydrogens (tertiary/aromatic N) is 4. The van der Waals surface area contributed by atoms with E-state index in [0.29, 0.717) is 36.8 Å². The lowest BCUT2D eigenvalue weighted by Crippen LogP contribution is -2.40. The normalized spacial score (nSPS) is 14.3. The Balaban J connectivity index is 1.93. The Kier molecular flexibility index (Phi) is 6.35. The molecule has 150 valence electrons. The number of morpholine rings is 1.